The first-order chi connectivity index (χ1) is 9.09. The van der Waals surface area contributed by atoms with E-state index in [-0.39, 0.29) is 5.91 Å². The number of carbonyl (C=O) groups is 1. The van der Waals surface area contributed by atoms with Gasteiger partial charge in [0.1, 0.15) is 5.75 Å². The molecule has 0 atom stereocenters. The van der Waals surface area contributed by atoms with E-state index in [1.165, 1.54) is 0 Å². The molecule has 1 amide bonds. The van der Waals surface area contributed by atoms with Gasteiger partial charge < -0.3 is 15.4 Å². The summed E-state index contributed by atoms with van der Waals surface area (Å²) in [4.78, 5) is 13.0. The molecule has 0 aliphatic carbocycles. The van der Waals surface area contributed by atoms with Gasteiger partial charge in [0, 0.05) is 30.6 Å². The van der Waals surface area contributed by atoms with E-state index in [0.717, 1.165) is 22.2 Å². The Bertz CT molecular complexity index is 594. The Morgan fingerprint density at radius 2 is 1.84 bits per heavy atom. The lowest BCUT2D eigenvalue weighted by molar-refractivity contribution is -0.129. The van der Waals surface area contributed by atoms with Gasteiger partial charge >= 0.3 is 0 Å². The fourth-order valence-corrected chi connectivity index (χ4v) is 1.89. The Labute approximate surface area is 112 Å². The SMILES string of the molecule is CN(C)C(=O)CCOc1ccc(N)c2ccccc12. The summed E-state index contributed by atoms with van der Waals surface area (Å²) in [6, 6.07) is 11.5. The molecule has 0 fully saturated rings. The number of anilines is 1. The van der Waals surface area contributed by atoms with Crippen LogP contribution >= 0.6 is 0 Å². The van der Waals surface area contributed by atoms with Crippen LogP contribution in [0, 0.1) is 0 Å². The Hall–Kier alpha value is -2.23. The highest BCUT2D eigenvalue weighted by atomic mass is 16.5. The molecular weight excluding hydrogens is 240 g/mol. The predicted octanol–water partition coefficient (Wildman–Crippen LogP) is 2.28. The second kappa shape index (κ2) is 5.61. The Balaban J connectivity index is 2.13. The normalized spacial score (nSPS) is 10.4. The lowest BCUT2D eigenvalue weighted by atomic mass is 10.1. The number of nitrogens with two attached hydrogens (primary N) is 1. The van der Waals surface area contributed by atoms with Crippen LogP contribution in [0.2, 0.25) is 0 Å². The maximum absolute atomic E-state index is 11.5. The third-order valence-corrected chi connectivity index (χ3v) is 2.99. The van der Waals surface area contributed by atoms with E-state index in [4.69, 9.17) is 10.5 Å². The molecule has 0 spiro atoms. The van der Waals surface area contributed by atoms with E-state index in [0.29, 0.717) is 13.0 Å². The first-order valence-corrected chi connectivity index (χ1v) is 6.20. The zero-order valence-electron chi connectivity index (χ0n) is 11.2. The second-order valence-corrected chi connectivity index (χ2v) is 4.59. The molecule has 0 aromatic heterocycles. The number of hydrogen-bond donors (Lipinski definition) is 1. The van der Waals surface area contributed by atoms with Gasteiger partial charge in [0.05, 0.1) is 13.0 Å². The summed E-state index contributed by atoms with van der Waals surface area (Å²) in [5, 5.41) is 1.94. The minimum Gasteiger partial charge on any atom is -0.492 e. The average Bonchev–Trinajstić information content (AvgIpc) is 2.41. The van der Waals surface area contributed by atoms with Crippen LogP contribution in [0.5, 0.6) is 5.75 Å². The quantitative estimate of drug-likeness (QED) is 0.856. The van der Waals surface area contributed by atoms with Crippen molar-refractivity contribution >= 4 is 22.4 Å². The Morgan fingerprint density at radius 1 is 1.16 bits per heavy atom. The number of hydrogen-bond acceptors (Lipinski definition) is 3. The van der Waals surface area contributed by atoms with Crippen molar-refractivity contribution in [1.29, 1.82) is 0 Å². The number of benzene rings is 2. The summed E-state index contributed by atoms with van der Waals surface area (Å²) in [5.41, 5.74) is 6.65. The van der Waals surface area contributed by atoms with Crippen molar-refractivity contribution in [3.63, 3.8) is 0 Å². The zero-order chi connectivity index (χ0) is 13.8. The number of nitrogens with zero attached hydrogens (tertiary/aromatic N) is 1. The lowest BCUT2D eigenvalue weighted by Gasteiger charge is -2.13. The van der Waals surface area contributed by atoms with Gasteiger partial charge in [0.2, 0.25) is 5.91 Å². The molecule has 2 aromatic rings. The van der Waals surface area contributed by atoms with Crippen molar-refractivity contribution in [2.24, 2.45) is 0 Å². The van der Waals surface area contributed by atoms with Gasteiger partial charge in [-0.2, -0.15) is 0 Å². The maximum atomic E-state index is 11.5. The first-order valence-electron chi connectivity index (χ1n) is 6.20. The summed E-state index contributed by atoms with van der Waals surface area (Å²) < 4.78 is 5.69. The van der Waals surface area contributed by atoms with Gasteiger partial charge in [-0.25, -0.2) is 0 Å². The van der Waals surface area contributed by atoms with Crippen LogP contribution in [0.3, 0.4) is 0 Å². The number of nitrogen functional groups attached to an aromatic ring is 1. The van der Waals surface area contributed by atoms with Crippen LogP contribution in [0.15, 0.2) is 36.4 Å². The van der Waals surface area contributed by atoms with Crippen molar-refractivity contribution in [3.8, 4) is 5.75 Å². The van der Waals surface area contributed by atoms with E-state index in [1.807, 2.05) is 36.4 Å². The molecule has 0 saturated carbocycles. The molecule has 0 radical (unpaired) electrons. The fourth-order valence-electron chi connectivity index (χ4n) is 1.89. The van der Waals surface area contributed by atoms with Crippen molar-refractivity contribution in [2.75, 3.05) is 26.4 Å². The van der Waals surface area contributed by atoms with Gasteiger partial charge in [-0.1, -0.05) is 24.3 Å². The van der Waals surface area contributed by atoms with Gasteiger partial charge in [0.25, 0.3) is 0 Å². The smallest absolute Gasteiger partial charge is 0.225 e. The second-order valence-electron chi connectivity index (χ2n) is 4.59. The highest BCUT2D eigenvalue weighted by Crippen LogP contribution is 2.29. The maximum Gasteiger partial charge on any atom is 0.225 e. The van der Waals surface area contributed by atoms with Gasteiger partial charge in [-0.05, 0) is 12.1 Å². The molecule has 4 nitrogen and oxygen atoms in total. The van der Waals surface area contributed by atoms with E-state index < -0.39 is 0 Å². The number of ether oxygens (including phenoxy) is 1. The van der Waals surface area contributed by atoms with Crippen LogP contribution in [-0.2, 0) is 4.79 Å². The van der Waals surface area contributed by atoms with Crippen molar-refractivity contribution in [1.82, 2.24) is 4.90 Å². The summed E-state index contributed by atoms with van der Waals surface area (Å²) in [5.74, 6) is 0.816. The Morgan fingerprint density at radius 3 is 2.53 bits per heavy atom. The summed E-state index contributed by atoms with van der Waals surface area (Å²) >= 11 is 0. The first kappa shape index (κ1) is 13.2. The molecular formula is C15H18N2O2. The monoisotopic (exact) mass is 258 g/mol. The van der Waals surface area contributed by atoms with Crippen LogP contribution in [0.1, 0.15) is 6.42 Å². The summed E-state index contributed by atoms with van der Waals surface area (Å²) in [6.45, 7) is 0.366. The van der Waals surface area contributed by atoms with E-state index in [1.54, 1.807) is 19.0 Å². The predicted molar refractivity (Wildman–Crippen MR) is 77.2 cm³/mol. The van der Waals surface area contributed by atoms with E-state index >= 15 is 0 Å². The number of fused-ring (bicyclic) bond motifs is 1. The summed E-state index contributed by atoms with van der Waals surface area (Å²) in [6.07, 6.45) is 0.367. The lowest BCUT2D eigenvalue weighted by Crippen LogP contribution is -2.23. The molecule has 0 aliphatic rings. The zero-order valence-corrected chi connectivity index (χ0v) is 11.2. The van der Waals surface area contributed by atoms with Crippen LogP contribution < -0.4 is 10.5 Å². The molecule has 2 rings (SSSR count). The summed E-state index contributed by atoms with van der Waals surface area (Å²) in [7, 11) is 3.47. The molecule has 2 aromatic carbocycles. The third-order valence-electron chi connectivity index (χ3n) is 2.99. The van der Waals surface area contributed by atoms with Crippen LogP contribution in [0.4, 0.5) is 5.69 Å². The molecule has 0 bridgehead atoms. The molecule has 100 valence electrons. The van der Waals surface area contributed by atoms with E-state index in [2.05, 4.69) is 0 Å². The van der Waals surface area contributed by atoms with Crippen molar-refractivity contribution < 1.29 is 9.53 Å². The van der Waals surface area contributed by atoms with Gasteiger partial charge in [-0.3, -0.25) is 4.79 Å². The minimum atomic E-state index is 0.0553. The molecule has 0 heterocycles. The third kappa shape index (κ3) is 2.96. The van der Waals surface area contributed by atoms with E-state index in [9.17, 15) is 4.79 Å². The molecule has 0 saturated heterocycles. The standard InChI is InChI=1S/C15H18N2O2/c1-17(2)15(18)9-10-19-14-8-7-13(16)11-5-3-4-6-12(11)14/h3-8H,9-10,16H2,1-2H3. The Kier molecular flexibility index (Phi) is 3.90. The van der Waals surface area contributed by atoms with Crippen LogP contribution in [-0.4, -0.2) is 31.5 Å². The highest BCUT2D eigenvalue weighted by Gasteiger charge is 2.07. The van der Waals surface area contributed by atoms with Crippen molar-refractivity contribution in [2.45, 2.75) is 6.42 Å². The van der Waals surface area contributed by atoms with Gasteiger partial charge in [-0.15, -0.1) is 0 Å². The number of amides is 1. The number of carbonyl (C=O) groups excluding carboxylic acids is 1. The average molecular weight is 258 g/mol. The molecule has 0 unspecified atom stereocenters. The van der Waals surface area contributed by atoms with Gasteiger partial charge in [0.15, 0.2) is 0 Å². The highest BCUT2D eigenvalue weighted by molar-refractivity contribution is 5.97. The number of rotatable bonds is 4. The molecule has 2 N–H and O–H groups in total. The fraction of sp³-hybridized carbons (Fsp3) is 0.267. The topological polar surface area (TPSA) is 55.6 Å². The largest absolute Gasteiger partial charge is 0.492 e. The molecule has 19 heavy (non-hydrogen) atoms. The molecule has 0 aliphatic heterocycles. The minimum absolute atomic E-state index is 0.0553. The van der Waals surface area contributed by atoms with Crippen molar-refractivity contribution in [3.05, 3.63) is 36.4 Å². The van der Waals surface area contributed by atoms with Crippen LogP contribution in [0.25, 0.3) is 10.8 Å². The molecule has 4 heteroatoms.